The Morgan fingerprint density at radius 1 is 1.33 bits per heavy atom. The van der Waals surface area contributed by atoms with Crippen molar-refractivity contribution >= 4 is 11.6 Å². The number of hydrogen-bond donors (Lipinski definition) is 1. The molecule has 1 aromatic rings. The van der Waals surface area contributed by atoms with Crippen LogP contribution < -0.4 is 0 Å². The first-order valence-electron chi connectivity index (χ1n) is 4.87. The lowest BCUT2D eigenvalue weighted by molar-refractivity contribution is 0.145. The van der Waals surface area contributed by atoms with Crippen molar-refractivity contribution in [3.05, 3.63) is 33.9 Å². The van der Waals surface area contributed by atoms with Gasteiger partial charge in [0.1, 0.15) is 0 Å². The van der Waals surface area contributed by atoms with Crippen molar-refractivity contribution in [2.24, 2.45) is 0 Å². The van der Waals surface area contributed by atoms with Crippen LogP contribution in [0.4, 0.5) is 8.78 Å². The molecule has 15 heavy (non-hydrogen) atoms. The highest BCUT2D eigenvalue weighted by Crippen LogP contribution is 2.42. The maximum Gasteiger partial charge on any atom is 0.165 e. The highest BCUT2D eigenvalue weighted by atomic mass is 35.5. The number of halogens is 3. The molecule has 0 aromatic heterocycles. The summed E-state index contributed by atoms with van der Waals surface area (Å²) in [5.74, 6) is -1.90. The molecule has 1 aliphatic rings. The summed E-state index contributed by atoms with van der Waals surface area (Å²) in [5.41, 5.74) is 0.591. The fourth-order valence-electron chi connectivity index (χ4n) is 2.15. The Balaban J connectivity index is 2.71. The van der Waals surface area contributed by atoms with Gasteiger partial charge in [0.25, 0.3) is 0 Å². The summed E-state index contributed by atoms with van der Waals surface area (Å²) < 4.78 is 26.6. The van der Waals surface area contributed by atoms with E-state index in [1.54, 1.807) is 0 Å². The highest BCUT2D eigenvalue weighted by Gasteiger charge is 2.30. The lowest BCUT2D eigenvalue weighted by Crippen LogP contribution is -2.16. The second kappa shape index (κ2) is 3.72. The van der Waals surface area contributed by atoms with E-state index < -0.39 is 17.7 Å². The Hall–Kier alpha value is -0.670. The third-order valence-electron chi connectivity index (χ3n) is 2.95. The molecule has 4 heteroatoms. The van der Waals surface area contributed by atoms with E-state index in [0.717, 1.165) is 12.5 Å². The summed E-state index contributed by atoms with van der Waals surface area (Å²) in [4.78, 5) is 0. The molecule has 0 saturated heterocycles. The molecule has 1 N–H and O–H groups in total. The minimum atomic E-state index is -0.994. The van der Waals surface area contributed by atoms with Crippen LogP contribution in [0.5, 0.6) is 0 Å². The van der Waals surface area contributed by atoms with Crippen molar-refractivity contribution in [2.45, 2.75) is 31.8 Å². The van der Waals surface area contributed by atoms with Crippen molar-refractivity contribution in [1.29, 1.82) is 0 Å². The van der Waals surface area contributed by atoms with Crippen LogP contribution in [-0.4, -0.2) is 5.11 Å². The van der Waals surface area contributed by atoms with Crippen molar-refractivity contribution < 1.29 is 13.9 Å². The number of aliphatic hydroxyl groups excluding tert-OH is 1. The third kappa shape index (κ3) is 1.64. The van der Waals surface area contributed by atoms with E-state index in [4.69, 9.17) is 11.6 Å². The minimum Gasteiger partial charge on any atom is -0.388 e. The monoisotopic (exact) mass is 232 g/mol. The van der Waals surface area contributed by atoms with Gasteiger partial charge in [-0.15, -0.1) is 0 Å². The first kappa shape index (κ1) is 10.8. The summed E-state index contributed by atoms with van der Waals surface area (Å²) >= 11 is 5.86. The highest BCUT2D eigenvalue weighted by molar-refractivity contribution is 6.31. The number of benzene rings is 1. The van der Waals surface area contributed by atoms with Gasteiger partial charge < -0.3 is 5.11 Å². The Labute approximate surface area is 91.7 Å². The molecule has 1 aromatic carbocycles. The standard InChI is InChI=1S/C11H11ClF2O/c1-5-2-3-8(15)10-9(5)6(12)4-7(13)11(10)14/h4-5,8,15H,2-3H2,1H3/t5?,8-/m1/s1. The maximum atomic E-state index is 13.5. The van der Waals surface area contributed by atoms with E-state index in [1.165, 1.54) is 0 Å². The third-order valence-corrected chi connectivity index (χ3v) is 3.26. The summed E-state index contributed by atoms with van der Waals surface area (Å²) in [6.45, 7) is 1.90. The van der Waals surface area contributed by atoms with Gasteiger partial charge >= 0.3 is 0 Å². The molecule has 0 fully saturated rings. The molecule has 2 atom stereocenters. The Kier molecular flexibility index (Phi) is 2.69. The zero-order valence-corrected chi connectivity index (χ0v) is 8.98. The average Bonchev–Trinajstić information content (AvgIpc) is 2.18. The molecule has 0 heterocycles. The SMILES string of the molecule is CC1CC[C@@H](O)c2c(F)c(F)cc(Cl)c21. The predicted octanol–water partition coefficient (Wildman–Crippen LogP) is 3.55. The van der Waals surface area contributed by atoms with E-state index >= 15 is 0 Å². The molecule has 0 radical (unpaired) electrons. The topological polar surface area (TPSA) is 20.2 Å². The summed E-state index contributed by atoms with van der Waals surface area (Å²) in [7, 11) is 0. The van der Waals surface area contributed by atoms with Gasteiger partial charge in [-0.3, -0.25) is 0 Å². The van der Waals surface area contributed by atoms with Gasteiger partial charge in [-0.25, -0.2) is 8.78 Å². The van der Waals surface area contributed by atoms with Crippen molar-refractivity contribution in [1.82, 2.24) is 0 Å². The molecule has 0 bridgehead atoms. The quantitative estimate of drug-likeness (QED) is 0.679. The maximum absolute atomic E-state index is 13.5. The van der Waals surface area contributed by atoms with E-state index in [2.05, 4.69) is 0 Å². The van der Waals surface area contributed by atoms with Gasteiger partial charge in [0, 0.05) is 10.6 Å². The first-order valence-corrected chi connectivity index (χ1v) is 5.25. The van der Waals surface area contributed by atoms with Crippen molar-refractivity contribution in [3.8, 4) is 0 Å². The normalized spacial score (nSPS) is 25.1. The van der Waals surface area contributed by atoms with Crippen molar-refractivity contribution in [3.63, 3.8) is 0 Å². The van der Waals surface area contributed by atoms with Gasteiger partial charge in [0.05, 0.1) is 6.10 Å². The molecule has 2 rings (SSSR count). The zero-order chi connectivity index (χ0) is 11.2. The molecular weight excluding hydrogens is 222 g/mol. The van der Waals surface area contributed by atoms with Gasteiger partial charge in [-0.05, 0) is 30.4 Å². The predicted molar refractivity (Wildman–Crippen MR) is 54.0 cm³/mol. The lowest BCUT2D eigenvalue weighted by Gasteiger charge is -2.28. The van der Waals surface area contributed by atoms with Crippen LogP contribution in [-0.2, 0) is 0 Å². The molecular formula is C11H11ClF2O. The minimum absolute atomic E-state index is 0.0405. The summed E-state index contributed by atoms with van der Waals surface area (Å²) in [6.07, 6.45) is 0.244. The van der Waals surface area contributed by atoms with Crippen LogP contribution in [0.15, 0.2) is 6.07 Å². The second-order valence-electron chi connectivity index (χ2n) is 3.98. The second-order valence-corrected chi connectivity index (χ2v) is 4.38. The molecule has 0 aliphatic heterocycles. The van der Waals surface area contributed by atoms with Gasteiger partial charge in [0.15, 0.2) is 11.6 Å². The molecule has 0 spiro atoms. The fourth-order valence-corrected chi connectivity index (χ4v) is 2.53. The number of fused-ring (bicyclic) bond motifs is 1. The van der Waals surface area contributed by atoms with Crippen LogP contribution >= 0.6 is 11.6 Å². The Morgan fingerprint density at radius 2 is 2.00 bits per heavy atom. The van der Waals surface area contributed by atoms with Crippen LogP contribution in [0.1, 0.15) is 42.9 Å². The lowest BCUT2D eigenvalue weighted by atomic mass is 9.82. The summed E-state index contributed by atoms with van der Waals surface area (Å²) in [6, 6.07) is 0.976. The van der Waals surface area contributed by atoms with Crippen LogP contribution in [0.2, 0.25) is 5.02 Å². The average molecular weight is 233 g/mol. The van der Waals surface area contributed by atoms with Crippen LogP contribution in [0, 0.1) is 11.6 Å². The molecule has 0 saturated carbocycles. The van der Waals surface area contributed by atoms with E-state index in [-0.39, 0.29) is 16.5 Å². The largest absolute Gasteiger partial charge is 0.388 e. The Morgan fingerprint density at radius 3 is 2.67 bits per heavy atom. The first-order chi connectivity index (χ1) is 7.02. The van der Waals surface area contributed by atoms with Gasteiger partial charge in [0.2, 0.25) is 0 Å². The molecule has 1 aliphatic carbocycles. The van der Waals surface area contributed by atoms with Crippen LogP contribution in [0.25, 0.3) is 0 Å². The number of aliphatic hydroxyl groups is 1. The van der Waals surface area contributed by atoms with Gasteiger partial charge in [-0.2, -0.15) is 0 Å². The zero-order valence-electron chi connectivity index (χ0n) is 8.23. The molecule has 1 nitrogen and oxygen atoms in total. The van der Waals surface area contributed by atoms with Crippen molar-refractivity contribution in [2.75, 3.05) is 0 Å². The van der Waals surface area contributed by atoms with Crippen LogP contribution in [0.3, 0.4) is 0 Å². The fraction of sp³-hybridized carbons (Fsp3) is 0.455. The molecule has 82 valence electrons. The van der Waals surface area contributed by atoms with E-state index in [0.29, 0.717) is 12.0 Å². The van der Waals surface area contributed by atoms with E-state index in [9.17, 15) is 13.9 Å². The smallest absolute Gasteiger partial charge is 0.165 e. The van der Waals surface area contributed by atoms with E-state index in [1.807, 2.05) is 6.92 Å². The summed E-state index contributed by atoms with van der Waals surface area (Å²) in [5, 5.41) is 9.85. The number of hydrogen-bond acceptors (Lipinski definition) is 1. The molecule has 0 amide bonds. The number of rotatable bonds is 0. The Bertz CT molecular complexity index is 406. The van der Waals surface area contributed by atoms with Gasteiger partial charge in [-0.1, -0.05) is 18.5 Å². The molecule has 1 unspecified atom stereocenters.